The number of hydrogen-bond acceptors (Lipinski definition) is 3. The van der Waals surface area contributed by atoms with Gasteiger partial charge in [0.1, 0.15) is 0 Å². The van der Waals surface area contributed by atoms with Crippen LogP contribution in [0.1, 0.15) is 37.7 Å². The molecule has 3 rings (SSSR count). The van der Waals surface area contributed by atoms with E-state index in [0.29, 0.717) is 0 Å². The van der Waals surface area contributed by atoms with Crippen LogP contribution >= 0.6 is 11.3 Å². The fourth-order valence-corrected chi connectivity index (χ4v) is 3.63. The largest absolute Gasteiger partial charge is 0.317 e. The molecule has 3 heteroatoms. The van der Waals surface area contributed by atoms with Gasteiger partial charge < -0.3 is 5.32 Å². The molecule has 1 saturated heterocycles. The van der Waals surface area contributed by atoms with Crippen LogP contribution in [0.15, 0.2) is 16.8 Å². The highest BCUT2D eigenvalue weighted by atomic mass is 32.1. The predicted octanol–water partition coefficient (Wildman–Crippen LogP) is 3.10. The van der Waals surface area contributed by atoms with Gasteiger partial charge in [0.05, 0.1) is 0 Å². The van der Waals surface area contributed by atoms with Gasteiger partial charge >= 0.3 is 0 Å². The molecule has 0 bridgehead atoms. The van der Waals surface area contributed by atoms with Crippen molar-refractivity contribution in [2.24, 2.45) is 5.92 Å². The van der Waals surface area contributed by atoms with E-state index in [1.807, 2.05) is 11.3 Å². The van der Waals surface area contributed by atoms with Gasteiger partial charge in [-0.05, 0) is 80.0 Å². The first-order valence-corrected chi connectivity index (χ1v) is 8.32. The Bertz CT molecular complexity index is 339. The minimum Gasteiger partial charge on any atom is -0.317 e. The average Bonchev–Trinajstić information content (AvgIpc) is 3.13. The number of rotatable bonds is 6. The van der Waals surface area contributed by atoms with Gasteiger partial charge in [-0.2, -0.15) is 11.3 Å². The quantitative estimate of drug-likeness (QED) is 0.849. The molecule has 100 valence electrons. The maximum absolute atomic E-state index is 3.46. The van der Waals surface area contributed by atoms with Crippen LogP contribution in [0.5, 0.6) is 0 Å². The highest BCUT2D eigenvalue weighted by molar-refractivity contribution is 7.07. The van der Waals surface area contributed by atoms with Crippen molar-refractivity contribution >= 4 is 11.3 Å². The minimum atomic E-state index is 0.895. The molecule has 1 aliphatic carbocycles. The van der Waals surface area contributed by atoms with E-state index in [-0.39, 0.29) is 0 Å². The molecule has 18 heavy (non-hydrogen) atoms. The van der Waals surface area contributed by atoms with E-state index in [9.17, 15) is 0 Å². The second-order valence-corrected chi connectivity index (χ2v) is 6.60. The summed E-state index contributed by atoms with van der Waals surface area (Å²) < 4.78 is 0. The molecule has 1 N–H and O–H groups in total. The number of piperidine rings is 1. The topological polar surface area (TPSA) is 15.3 Å². The van der Waals surface area contributed by atoms with Crippen LogP contribution in [0.4, 0.5) is 0 Å². The molecule has 2 heterocycles. The van der Waals surface area contributed by atoms with E-state index in [4.69, 9.17) is 0 Å². The number of nitrogens with one attached hydrogen (secondary N) is 1. The van der Waals surface area contributed by atoms with Crippen LogP contribution in [0.25, 0.3) is 0 Å². The van der Waals surface area contributed by atoms with Crippen molar-refractivity contribution < 1.29 is 0 Å². The fourth-order valence-electron chi connectivity index (χ4n) is 2.97. The van der Waals surface area contributed by atoms with Crippen LogP contribution in [-0.4, -0.2) is 30.6 Å². The third kappa shape index (κ3) is 3.56. The summed E-state index contributed by atoms with van der Waals surface area (Å²) in [5.41, 5.74) is 1.51. The third-order valence-corrected chi connectivity index (χ3v) is 5.04. The predicted molar refractivity (Wildman–Crippen MR) is 78.0 cm³/mol. The zero-order chi connectivity index (χ0) is 12.2. The molecule has 1 aromatic rings. The van der Waals surface area contributed by atoms with E-state index in [0.717, 1.165) is 12.0 Å². The summed E-state index contributed by atoms with van der Waals surface area (Å²) in [6, 6.07) is 3.18. The maximum atomic E-state index is 3.46. The summed E-state index contributed by atoms with van der Waals surface area (Å²) in [6.07, 6.45) is 7.03. The summed E-state index contributed by atoms with van der Waals surface area (Å²) >= 11 is 1.82. The van der Waals surface area contributed by atoms with Crippen molar-refractivity contribution in [2.75, 3.05) is 19.6 Å². The lowest BCUT2D eigenvalue weighted by molar-refractivity contribution is 0.220. The molecule has 0 spiro atoms. The maximum Gasteiger partial charge on any atom is 0.0244 e. The molecule has 0 atom stereocenters. The Morgan fingerprint density at radius 2 is 2.06 bits per heavy atom. The van der Waals surface area contributed by atoms with Crippen molar-refractivity contribution in [1.29, 1.82) is 0 Å². The zero-order valence-corrected chi connectivity index (χ0v) is 11.9. The smallest absolute Gasteiger partial charge is 0.0244 e. The Morgan fingerprint density at radius 3 is 2.72 bits per heavy atom. The molecule has 1 aliphatic heterocycles. The van der Waals surface area contributed by atoms with Gasteiger partial charge in [0.2, 0.25) is 0 Å². The Labute approximate surface area is 114 Å². The summed E-state index contributed by atoms with van der Waals surface area (Å²) in [5.74, 6) is 0.968. The molecule has 1 saturated carbocycles. The molecule has 0 radical (unpaired) electrons. The normalized spacial score (nSPS) is 21.6. The van der Waals surface area contributed by atoms with Crippen molar-refractivity contribution in [3.05, 3.63) is 22.4 Å². The van der Waals surface area contributed by atoms with E-state index in [1.54, 1.807) is 0 Å². The van der Waals surface area contributed by atoms with Gasteiger partial charge in [-0.15, -0.1) is 0 Å². The van der Waals surface area contributed by atoms with Gasteiger partial charge in [-0.25, -0.2) is 0 Å². The molecule has 0 unspecified atom stereocenters. The number of nitrogens with zero attached hydrogens (tertiary/aromatic N) is 1. The third-order valence-electron chi connectivity index (χ3n) is 4.31. The second-order valence-electron chi connectivity index (χ2n) is 5.82. The molecule has 2 aliphatic rings. The number of hydrogen-bond donors (Lipinski definition) is 1. The van der Waals surface area contributed by atoms with E-state index in [1.165, 1.54) is 63.8 Å². The van der Waals surface area contributed by atoms with Crippen LogP contribution in [0.2, 0.25) is 0 Å². The Balaban J connectivity index is 1.47. The van der Waals surface area contributed by atoms with Crippen molar-refractivity contribution in [3.8, 4) is 0 Å². The molecular weight excluding hydrogens is 240 g/mol. The van der Waals surface area contributed by atoms with Gasteiger partial charge in [-0.3, -0.25) is 4.90 Å². The Kier molecular flexibility index (Phi) is 4.34. The van der Waals surface area contributed by atoms with Gasteiger partial charge in [0.25, 0.3) is 0 Å². The first kappa shape index (κ1) is 12.6. The Hall–Kier alpha value is -0.380. The minimum absolute atomic E-state index is 0.895. The van der Waals surface area contributed by atoms with Gasteiger partial charge in [0, 0.05) is 12.6 Å². The molecule has 0 aromatic carbocycles. The second kappa shape index (κ2) is 6.18. The van der Waals surface area contributed by atoms with Crippen LogP contribution in [-0.2, 0) is 6.54 Å². The summed E-state index contributed by atoms with van der Waals surface area (Å²) in [5, 5.41) is 7.97. The van der Waals surface area contributed by atoms with Crippen LogP contribution in [0, 0.1) is 5.92 Å². The summed E-state index contributed by atoms with van der Waals surface area (Å²) in [6.45, 7) is 4.96. The monoisotopic (exact) mass is 264 g/mol. The van der Waals surface area contributed by atoms with Crippen LogP contribution in [0.3, 0.4) is 0 Å². The van der Waals surface area contributed by atoms with Crippen molar-refractivity contribution in [3.63, 3.8) is 0 Å². The molecular formula is C15H24N2S. The standard InChI is InChI=1S/C15H24N2S/c1-2-15(1)17(11-14-6-10-18-12-14)9-5-13-3-7-16-8-4-13/h6,10,12-13,15-16H,1-5,7-9,11H2. The highest BCUT2D eigenvalue weighted by Gasteiger charge is 2.29. The highest BCUT2D eigenvalue weighted by Crippen LogP contribution is 2.30. The average molecular weight is 264 g/mol. The molecule has 2 nitrogen and oxygen atoms in total. The Morgan fingerprint density at radius 1 is 1.22 bits per heavy atom. The lowest BCUT2D eigenvalue weighted by Gasteiger charge is -2.27. The van der Waals surface area contributed by atoms with Gasteiger partial charge in [0.15, 0.2) is 0 Å². The SMILES string of the molecule is c1cc(CN(CCC2CCNCC2)C2CC2)cs1. The van der Waals surface area contributed by atoms with Crippen molar-refractivity contribution in [2.45, 2.75) is 44.7 Å². The van der Waals surface area contributed by atoms with E-state index < -0.39 is 0 Å². The lowest BCUT2D eigenvalue weighted by Crippen LogP contribution is -2.32. The van der Waals surface area contributed by atoms with Gasteiger partial charge in [-0.1, -0.05) is 0 Å². The molecule has 0 amide bonds. The van der Waals surface area contributed by atoms with E-state index in [2.05, 4.69) is 27.0 Å². The molecule has 2 fully saturated rings. The summed E-state index contributed by atoms with van der Waals surface area (Å²) in [7, 11) is 0. The van der Waals surface area contributed by atoms with Crippen LogP contribution < -0.4 is 5.32 Å². The lowest BCUT2D eigenvalue weighted by atomic mass is 9.94. The zero-order valence-electron chi connectivity index (χ0n) is 11.1. The first-order valence-electron chi connectivity index (χ1n) is 7.37. The molecule has 1 aromatic heterocycles. The van der Waals surface area contributed by atoms with Crippen molar-refractivity contribution in [1.82, 2.24) is 10.2 Å². The summed E-state index contributed by atoms with van der Waals surface area (Å²) in [4.78, 5) is 2.73. The number of thiophene rings is 1. The van der Waals surface area contributed by atoms with E-state index >= 15 is 0 Å². The fraction of sp³-hybridized carbons (Fsp3) is 0.733. The first-order chi connectivity index (χ1) is 8.92.